The maximum Gasteiger partial charge on any atom is 0.326 e. The normalized spacial score (nSPS) is 10.5. The molecule has 0 saturated heterocycles. The second-order valence-electron chi connectivity index (χ2n) is 3.55. The minimum atomic E-state index is -0.277. The Morgan fingerprint density at radius 2 is 2.00 bits per heavy atom. The Kier molecular flexibility index (Phi) is 3.22. The quantitative estimate of drug-likeness (QED) is 0.736. The van der Waals surface area contributed by atoms with Crippen molar-refractivity contribution in [1.29, 1.82) is 0 Å². The SMILES string of the molecule is CCOC(=O)Cn1ccnc1-c1nccn1C. The first kappa shape index (κ1) is 11.4. The number of aromatic nitrogens is 4. The molecule has 0 fully saturated rings. The zero-order valence-corrected chi connectivity index (χ0v) is 9.83. The number of esters is 1. The molecule has 2 rings (SSSR count). The predicted octanol–water partition coefficient (Wildman–Crippen LogP) is 0.847. The van der Waals surface area contributed by atoms with Crippen molar-refractivity contribution < 1.29 is 9.53 Å². The van der Waals surface area contributed by atoms with Gasteiger partial charge < -0.3 is 13.9 Å². The van der Waals surface area contributed by atoms with Gasteiger partial charge in [-0.1, -0.05) is 0 Å². The Balaban J connectivity index is 2.23. The molecule has 2 heterocycles. The maximum atomic E-state index is 11.4. The molecule has 0 atom stereocenters. The molecule has 0 aliphatic rings. The van der Waals surface area contributed by atoms with Gasteiger partial charge in [0.1, 0.15) is 6.54 Å². The van der Waals surface area contributed by atoms with Crippen LogP contribution in [0.3, 0.4) is 0 Å². The Morgan fingerprint density at radius 1 is 1.29 bits per heavy atom. The van der Waals surface area contributed by atoms with E-state index < -0.39 is 0 Å². The van der Waals surface area contributed by atoms with Crippen LogP contribution in [0.1, 0.15) is 6.92 Å². The lowest BCUT2D eigenvalue weighted by Crippen LogP contribution is -2.14. The average molecular weight is 234 g/mol. The molecule has 0 bridgehead atoms. The van der Waals surface area contributed by atoms with Crippen LogP contribution in [0.2, 0.25) is 0 Å². The fraction of sp³-hybridized carbons (Fsp3) is 0.364. The summed E-state index contributed by atoms with van der Waals surface area (Å²) in [5.41, 5.74) is 0. The lowest BCUT2D eigenvalue weighted by molar-refractivity contribution is -0.143. The molecule has 6 nitrogen and oxygen atoms in total. The van der Waals surface area contributed by atoms with Crippen molar-refractivity contribution in [2.45, 2.75) is 13.5 Å². The second kappa shape index (κ2) is 4.82. The van der Waals surface area contributed by atoms with Crippen LogP contribution in [0.25, 0.3) is 11.6 Å². The third-order valence-electron chi connectivity index (χ3n) is 2.34. The van der Waals surface area contributed by atoms with Gasteiger partial charge in [-0.05, 0) is 6.92 Å². The molecule has 17 heavy (non-hydrogen) atoms. The van der Waals surface area contributed by atoms with Crippen LogP contribution in [0, 0.1) is 0 Å². The molecule has 0 spiro atoms. The van der Waals surface area contributed by atoms with E-state index in [1.165, 1.54) is 0 Å². The monoisotopic (exact) mass is 234 g/mol. The van der Waals surface area contributed by atoms with Crippen LogP contribution < -0.4 is 0 Å². The van der Waals surface area contributed by atoms with Crippen molar-refractivity contribution in [3.63, 3.8) is 0 Å². The first-order valence-electron chi connectivity index (χ1n) is 5.36. The number of ether oxygens (including phenoxy) is 1. The Bertz CT molecular complexity index is 515. The van der Waals surface area contributed by atoms with Crippen LogP contribution in [0.4, 0.5) is 0 Å². The lowest BCUT2D eigenvalue weighted by atomic mass is 10.5. The van der Waals surface area contributed by atoms with Crippen molar-refractivity contribution >= 4 is 5.97 Å². The van der Waals surface area contributed by atoms with Crippen molar-refractivity contribution in [1.82, 2.24) is 19.1 Å². The Labute approximate surface area is 98.9 Å². The highest BCUT2D eigenvalue weighted by Crippen LogP contribution is 2.14. The van der Waals surface area contributed by atoms with Crippen molar-refractivity contribution in [3.8, 4) is 11.6 Å². The molecule has 0 unspecified atom stereocenters. The van der Waals surface area contributed by atoms with Gasteiger partial charge in [0.05, 0.1) is 6.61 Å². The summed E-state index contributed by atoms with van der Waals surface area (Å²) >= 11 is 0. The van der Waals surface area contributed by atoms with E-state index in [0.717, 1.165) is 5.82 Å². The molecule has 0 amide bonds. The van der Waals surface area contributed by atoms with Crippen molar-refractivity contribution in [3.05, 3.63) is 24.8 Å². The molecule has 0 saturated carbocycles. The number of carbonyl (C=O) groups is 1. The van der Waals surface area contributed by atoms with E-state index in [0.29, 0.717) is 12.4 Å². The van der Waals surface area contributed by atoms with E-state index in [2.05, 4.69) is 9.97 Å². The molecule has 6 heteroatoms. The van der Waals surface area contributed by atoms with Gasteiger partial charge in [-0.15, -0.1) is 0 Å². The summed E-state index contributed by atoms with van der Waals surface area (Å²) in [6, 6.07) is 0. The number of nitrogens with zero attached hydrogens (tertiary/aromatic N) is 4. The summed E-state index contributed by atoms with van der Waals surface area (Å²) in [6.45, 7) is 2.31. The largest absolute Gasteiger partial charge is 0.465 e. The third-order valence-corrected chi connectivity index (χ3v) is 2.34. The zero-order chi connectivity index (χ0) is 12.3. The standard InChI is InChI=1S/C11H14N4O2/c1-3-17-9(16)8-15-7-5-13-11(15)10-12-4-6-14(10)2/h4-7H,3,8H2,1-2H3. The molecule has 0 aromatic carbocycles. The Hall–Kier alpha value is -2.11. The van der Waals surface area contributed by atoms with Gasteiger partial charge in [-0.2, -0.15) is 0 Å². The lowest BCUT2D eigenvalue weighted by Gasteiger charge is -2.06. The predicted molar refractivity (Wildman–Crippen MR) is 61.1 cm³/mol. The van der Waals surface area contributed by atoms with Gasteiger partial charge >= 0.3 is 5.97 Å². The van der Waals surface area contributed by atoms with Crippen LogP contribution >= 0.6 is 0 Å². The van der Waals surface area contributed by atoms with E-state index in [-0.39, 0.29) is 12.5 Å². The molecule has 0 aliphatic carbocycles. The number of carbonyl (C=O) groups excluding carboxylic acids is 1. The molecular formula is C11H14N4O2. The fourth-order valence-corrected chi connectivity index (χ4v) is 1.57. The van der Waals surface area contributed by atoms with Gasteiger partial charge in [0.2, 0.25) is 0 Å². The van der Waals surface area contributed by atoms with Gasteiger partial charge in [0.15, 0.2) is 11.6 Å². The molecule has 2 aromatic rings. The minimum absolute atomic E-state index is 0.149. The van der Waals surface area contributed by atoms with Crippen LogP contribution in [-0.2, 0) is 23.1 Å². The summed E-state index contributed by atoms with van der Waals surface area (Å²) in [7, 11) is 1.88. The van der Waals surface area contributed by atoms with E-state index >= 15 is 0 Å². The highest BCUT2D eigenvalue weighted by molar-refractivity contribution is 5.70. The van der Waals surface area contributed by atoms with Crippen LogP contribution in [0.15, 0.2) is 24.8 Å². The second-order valence-corrected chi connectivity index (χ2v) is 3.55. The molecule has 0 N–H and O–H groups in total. The number of hydrogen-bond donors (Lipinski definition) is 0. The van der Waals surface area contributed by atoms with Crippen LogP contribution in [-0.4, -0.2) is 31.7 Å². The molecule has 90 valence electrons. The van der Waals surface area contributed by atoms with E-state index in [4.69, 9.17) is 4.74 Å². The highest BCUT2D eigenvalue weighted by Gasteiger charge is 2.13. The third kappa shape index (κ3) is 2.35. The number of hydrogen-bond acceptors (Lipinski definition) is 4. The maximum absolute atomic E-state index is 11.4. The van der Waals surface area contributed by atoms with Gasteiger partial charge in [0.25, 0.3) is 0 Å². The van der Waals surface area contributed by atoms with E-state index in [9.17, 15) is 4.79 Å². The van der Waals surface area contributed by atoms with E-state index in [1.807, 2.05) is 17.8 Å². The van der Waals surface area contributed by atoms with Crippen LogP contribution in [0.5, 0.6) is 0 Å². The molecule has 2 aromatic heterocycles. The summed E-state index contributed by atoms with van der Waals surface area (Å²) in [4.78, 5) is 19.8. The molecule has 0 radical (unpaired) electrons. The van der Waals surface area contributed by atoms with Crippen molar-refractivity contribution in [2.24, 2.45) is 7.05 Å². The first-order valence-corrected chi connectivity index (χ1v) is 5.36. The molecule has 0 aliphatic heterocycles. The average Bonchev–Trinajstić information content (AvgIpc) is 2.87. The number of imidazole rings is 2. The smallest absolute Gasteiger partial charge is 0.326 e. The number of aryl methyl sites for hydroxylation is 1. The molecular weight excluding hydrogens is 220 g/mol. The van der Waals surface area contributed by atoms with Gasteiger partial charge in [-0.25, -0.2) is 9.97 Å². The summed E-state index contributed by atoms with van der Waals surface area (Å²) in [5.74, 6) is 1.10. The minimum Gasteiger partial charge on any atom is -0.465 e. The number of rotatable bonds is 4. The van der Waals surface area contributed by atoms with E-state index in [1.54, 1.807) is 30.1 Å². The topological polar surface area (TPSA) is 61.9 Å². The summed E-state index contributed by atoms with van der Waals surface area (Å²) in [6.07, 6.45) is 6.90. The fourth-order valence-electron chi connectivity index (χ4n) is 1.57. The zero-order valence-electron chi connectivity index (χ0n) is 9.83. The Morgan fingerprint density at radius 3 is 2.65 bits per heavy atom. The van der Waals surface area contributed by atoms with Gasteiger partial charge in [-0.3, -0.25) is 4.79 Å². The highest BCUT2D eigenvalue weighted by atomic mass is 16.5. The van der Waals surface area contributed by atoms with Gasteiger partial charge in [0, 0.05) is 31.8 Å². The summed E-state index contributed by atoms with van der Waals surface area (Å²) < 4.78 is 8.48. The first-order chi connectivity index (χ1) is 8.22. The summed E-state index contributed by atoms with van der Waals surface area (Å²) in [5, 5.41) is 0. The van der Waals surface area contributed by atoms with Crippen molar-refractivity contribution in [2.75, 3.05) is 6.61 Å².